The summed E-state index contributed by atoms with van der Waals surface area (Å²) in [6, 6.07) is 10.4. The van der Waals surface area contributed by atoms with Gasteiger partial charge in [0.05, 0.1) is 19.2 Å². The number of benzene rings is 2. The van der Waals surface area contributed by atoms with Gasteiger partial charge in [0.1, 0.15) is 0 Å². The highest BCUT2D eigenvalue weighted by Crippen LogP contribution is 2.36. The second-order valence-electron chi connectivity index (χ2n) is 5.57. The van der Waals surface area contributed by atoms with Gasteiger partial charge in [-0.1, -0.05) is 23.7 Å². The first-order chi connectivity index (χ1) is 13.0. The van der Waals surface area contributed by atoms with Crippen LogP contribution in [0, 0.1) is 0 Å². The molecule has 0 aromatic heterocycles. The molecule has 6 nitrogen and oxygen atoms in total. The third-order valence-electron chi connectivity index (χ3n) is 3.79. The monoisotopic (exact) mass is 388 g/mol. The SMILES string of the molecule is CNC(=O)c1ccc(CNC(=O)/C=C/c2cc(Cl)c(OC)c(OC)c2)cc1. The van der Waals surface area contributed by atoms with Gasteiger partial charge in [0.15, 0.2) is 11.5 Å². The molecule has 0 heterocycles. The van der Waals surface area contributed by atoms with Crippen molar-refractivity contribution >= 4 is 29.5 Å². The summed E-state index contributed by atoms with van der Waals surface area (Å²) >= 11 is 6.15. The quantitative estimate of drug-likeness (QED) is 0.715. The van der Waals surface area contributed by atoms with Crippen LogP contribution in [-0.4, -0.2) is 33.1 Å². The molecule has 0 aliphatic heterocycles. The molecule has 0 fully saturated rings. The van der Waals surface area contributed by atoms with Crippen LogP contribution in [0.25, 0.3) is 6.08 Å². The van der Waals surface area contributed by atoms with Crippen molar-refractivity contribution in [2.24, 2.45) is 0 Å². The fourth-order valence-electron chi connectivity index (χ4n) is 2.37. The van der Waals surface area contributed by atoms with Crippen molar-refractivity contribution in [2.75, 3.05) is 21.3 Å². The molecule has 27 heavy (non-hydrogen) atoms. The molecule has 0 aliphatic carbocycles. The molecule has 2 rings (SSSR count). The second-order valence-corrected chi connectivity index (χ2v) is 5.97. The number of rotatable bonds is 7. The van der Waals surface area contributed by atoms with Crippen molar-refractivity contribution in [3.63, 3.8) is 0 Å². The maximum atomic E-state index is 12.0. The maximum Gasteiger partial charge on any atom is 0.251 e. The summed E-state index contributed by atoms with van der Waals surface area (Å²) in [4.78, 5) is 23.5. The van der Waals surface area contributed by atoms with Crippen molar-refractivity contribution < 1.29 is 19.1 Å². The highest BCUT2D eigenvalue weighted by atomic mass is 35.5. The van der Waals surface area contributed by atoms with Crippen molar-refractivity contribution in [3.05, 3.63) is 64.2 Å². The lowest BCUT2D eigenvalue weighted by Gasteiger charge is -2.10. The lowest BCUT2D eigenvalue weighted by molar-refractivity contribution is -0.116. The van der Waals surface area contributed by atoms with Crippen LogP contribution in [0.1, 0.15) is 21.5 Å². The van der Waals surface area contributed by atoms with E-state index in [0.29, 0.717) is 34.2 Å². The van der Waals surface area contributed by atoms with Gasteiger partial charge in [-0.3, -0.25) is 9.59 Å². The van der Waals surface area contributed by atoms with Gasteiger partial charge in [-0.25, -0.2) is 0 Å². The molecule has 0 saturated carbocycles. The molecular weight excluding hydrogens is 368 g/mol. The topological polar surface area (TPSA) is 76.7 Å². The average Bonchev–Trinajstić information content (AvgIpc) is 2.69. The number of hydrogen-bond donors (Lipinski definition) is 2. The molecule has 7 heteroatoms. The summed E-state index contributed by atoms with van der Waals surface area (Å²) < 4.78 is 10.4. The Morgan fingerprint density at radius 1 is 1.11 bits per heavy atom. The summed E-state index contributed by atoms with van der Waals surface area (Å²) in [6.07, 6.45) is 3.05. The summed E-state index contributed by atoms with van der Waals surface area (Å²) in [6.45, 7) is 0.351. The van der Waals surface area contributed by atoms with Crippen LogP contribution < -0.4 is 20.1 Å². The van der Waals surface area contributed by atoms with E-state index in [1.54, 1.807) is 49.5 Å². The van der Waals surface area contributed by atoms with Crippen LogP contribution in [0.4, 0.5) is 0 Å². The van der Waals surface area contributed by atoms with Crippen molar-refractivity contribution in [1.82, 2.24) is 10.6 Å². The van der Waals surface area contributed by atoms with Crippen LogP contribution in [0.5, 0.6) is 11.5 Å². The normalized spacial score (nSPS) is 10.5. The molecule has 2 aromatic rings. The van der Waals surface area contributed by atoms with Crippen molar-refractivity contribution in [1.29, 1.82) is 0 Å². The molecule has 2 amide bonds. The Hall–Kier alpha value is -2.99. The lowest BCUT2D eigenvalue weighted by Crippen LogP contribution is -2.20. The fraction of sp³-hybridized carbons (Fsp3) is 0.200. The molecule has 2 aromatic carbocycles. The number of nitrogens with one attached hydrogen (secondary N) is 2. The van der Waals surface area contributed by atoms with Gasteiger partial charge in [0.25, 0.3) is 5.91 Å². The van der Waals surface area contributed by atoms with Gasteiger partial charge in [0.2, 0.25) is 5.91 Å². The highest BCUT2D eigenvalue weighted by molar-refractivity contribution is 6.32. The maximum absolute atomic E-state index is 12.0. The lowest BCUT2D eigenvalue weighted by atomic mass is 10.1. The van der Waals surface area contributed by atoms with Crippen LogP contribution in [0.2, 0.25) is 5.02 Å². The van der Waals surface area contributed by atoms with E-state index in [4.69, 9.17) is 21.1 Å². The van der Waals surface area contributed by atoms with Crippen LogP contribution in [-0.2, 0) is 11.3 Å². The largest absolute Gasteiger partial charge is 0.493 e. The predicted octanol–water partition coefficient (Wildman–Crippen LogP) is 3.05. The number of methoxy groups -OCH3 is 2. The molecule has 0 atom stereocenters. The molecule has 0 radical (unpaired) electrons. The smallest absolute Gasteiger partial charge is 0.251 e. The molecule has 0 aliphatic rings. The van der Waals surface area contributed by atoms with E-state index >= 15 is 0 Å². The zero-order chi connectivity index (χ0) is 19.8. The summed E-state index contributed by atoms with van der Waals surface area (Å²) in [5.74, 6) is 0.528. The zero-order valence-electron chi connectivity index (χ0n) is 15.3. The van der Waals surface area contributed by atoms with E-state index in [-0.39, 0.29) is 11.8 Å². The van der Waals surface area contributed by atoms with E-state index in [1.165, 1.54) is 20.3 Å². The Morgan fingerprint density at radius 2 is 1.81 bits per heavy atom. The molecule has 2 N–H and O–H groups in total. The number of halogens is 1. The average molecular weight is 389 g/mol. The predicted molar refractivity (Wildman–Crippen MR) is 105 cm³/mol. The van der Waals surface area contributed by atoms with Crippen molar-refractivity contribution in [3.8, 4) is 11.5 Å². The molecule has 0 bridgehead atoms. The van der Waals surface area contributed by atoms with Crippen molar-refractivity contribution in [2.45, 2.75) is 6.54 Å². The third kappa shape index (κ3) is 5.49. The highest BCUT2D eigenvalue weighted by Gasteiger charge is 2.10. The number of carbonyl (C=O) groups excluding carboxylic acids is 2. The molecule has 0 spiro atoms. The first-order valence-corrected chi connectivity index (χ1v) is 8.54. The molecule has 0 unspecified atom stereocenters. The minimum absolute atomic E-state index is 0.151. The van der Waals surface area contributed by atoms with Gasteiger partial charge in [-0.2, -0.15) is 0 Å². The third-order valence-corrected chi connectivity index (χ3v) is 4.07. The number of ether oxygens (including phenoxy) is 2. The Morgan fingerprint density at radius 3 is 2.41 bits per heavy atom. The van der Waals surface area contributed by atoms with E-state index in [1.807, 2.05) is 0 Å². The summed E-state index contributed by atoms with van der Waals surface area (Å²) in [5, 5.41) is 5.74. The number of hydrogen-bond acceptors (Lipinski definition) is 4. The standard InChI is InChI=1S/C20H21ClN2O4/c1-22-20(25)15-7-4-13(5-8-15)12-23-18(24)9-6-14-10-16(21)19(27-3)17(11-14)26-2/h4-11H,12H2,1-3H3,(H,22,25)(H,23,24)/b9-6+. The van der Waals surface area contributed by atoms with Gasteiger partial charge >= 0.3 is 0 Å². The summed E-state index contributed by atoms with van der Waals surface area (Å²) in [5.41, 5.74) is 2.17. The summed E-state index contributed by atoms with van der Waals surface area (Å²) in [7, 11) is 4.60. The molecule has 142 valence electrons. The molecule has 0 saturated heterocycles. The van der Waals surface area contributed by atoms with E-state index in [9.17, 15) is 9.59 Å². The zero-order valence-corrected chi connectivity index (χ0v) is 16.1. The minimum atomic E-state index is -0.253. The van der Waals surface area contributed by atoms with Crippen LogP contribution >= 0.6 is 11.6 Å². The van der Waals surface area contributed by atoms with Gasteiger partial charge in [0, 0.05) is 25.2 Å². The van der Waals surface area contributed by atoms with Crippen LogP contribution in [0.15, 0.2) is 42.5 Å². The van der Waals surface area contributed by atoms with E-state index in [0.717, 1.165) is 5.56 Å². The van der Waals surface area contributed by atoms with Gasteiger partial charge in [-0.05, 0) is 41.5 Å². The first kappa shape index (κ1) is 20.3. The Balaban J connectivity index is 1.97. The minimum Gasteiger partial charge on any atom is -0.493 e. The van der Waals surface area contributed by atoms with Gasteiger partial charge in [-0.15, -0.1) is 0 Å². The Kier molecular flexibility index (Phi) is 7.25. The first-order valence-electron chi connectivity index (χ1n) is 8.17. The second kappa shape index (κ2) is 9.64. The number of carbonyl (C=O) groups is 2. The van der Waals surface area contributed by atoms with E-state index < -0.39 is 0 Å². The fourth-order valence-corrected chi connectivity index (χ4v) is 2.67. The molecular formula is C20H21ClN2O4. The van der Waals surface area contributed by atoms with E-state index in [2.05, 4.69) is 10.6 Å². The Labute approximate surface area is 163 Å². The van der Waals surface area contributed by atoms with Gasteiger partial charge < -0.3 is 20.1 Å². The Bertz CT molecular complexity index is 848. The number of amides is 2. The van der Waals surface area contributed by atoms with Crippen LogP contribution in [0.3, 0.4) is 0 Å².